The lowest BCUT2D eigenvalue weighted by molar-refractivity contribution is -0.176. The van der Waals surface area contributed by atoms with Gasteiger partial charge < -0.3 is 20.7 Å². The van der Waals surface area contributed by atoms with Crippen molar-refractivity contribution in [1.82, 2.24) is 15.5 Å². The first-order valence-electron chi connectivity index (χ1n) is 11.2. The Bertz CT molecular complexity index is 906. The molecule has 2 bridgehead atoms. The first kappa shape index (κ1) is 20.6. The summed E-state index contributed by atoms with van der Waals surface area (Å²) in [6.07, 6.45) is 5.00. The molecule has 4 aliphatic heterocycles. The summed E-state index contributed by atoms with van der Waals surface area (Å²) < 4.78 is 6.11. The summed E-state index contributed by atoms with van der Waals surface area (Å²) in [6, 6.07) is 5.39. The van der Waals surface area contributed by atoms with Crippen LogP contribution in [0.15, 0.2) is 18.2 Å². The smallest absolute Gasteiger partial charge is 0.255 e. The second-order valence-electron chi connectivity index (χ2n) is 9.67. The summed E-state index contributed by atoms with van der Waals surface area (Å²) in [5, 5.41) is 5.92. The van der Waals surface area contributed by atoms with Crippen LogP contribution in [0.4, 0.5) is 0 Å². The first-order valence-corrected chi connectivity index (χ1v) is 11.2. The molecule has 4 N–H and O–H groups in total. The van der Waals surface area contributed by atoms with Crippen LogP contribution < -0.4 is 16.4 Å². The van der Waals surface area contributed by atoms with Crippen LogP contribution in [0.25, 0.3) is 0 Å². The Balaban J connectivity index is 1.20. The average Bonchev–Trinajstić information content (AvgIpc) is 3.11. The van der Waals surface area contributed by atoms with E-state index >= 15 is 0 Å². The summed E-state index contributed by atoms with van der Waals surface area (Å²) in [6.45, 7) is 3.36. The number of carbonyl (C=O) groups is 3. The molecular weight excluding hydrogens is 396 g/mol. The fourth-order valence-electron chi connectivity index (χ4n) is 5.51. The Morgan fingerprint density at radius 2 is 2.00 bits per heavy atom. The van der Waals surface area contributed by atoms with Crippen LogP contribution in [0.2, 0.25) is 0 Å². The minimum atomic E-state index is -0.573. The lowest BCUT2D eigenvalue weighted by atomic mass is 9.66. The number of hydrogen-bond acceptors (Lipinski definition) is 6. The third kappa shape index (κ3) is 3.66. The van der Waals surface area contributed by atoms with Crippen LogP contribution in [0.5, 0.6) is 0 Å². The second-order valence-corrected chi connectivity index (χ2v) is 9.67. The summed E-state index contributed by atoms with van der Waals surface area (Å²) >= 11 is 0. The van der Waals surface area contributed by atoms with Crippen LogP contribution in [0.3, 0.4) is 0 Å². The van der Waals surface area contributed by atoms with E-state index in [9.17, 15) is 14.4 Å². The van der Waals surface area contributed by atoms with E-state index in [1.807, 2.05) is 18.2 Å². The van der Waals surface area contributed by atoms with Crippen LogP contribution in [-0.2, 0) is 27.4 Å². The molecule has 6 rings (SSSR count). The number of amides is 3. The van der Waals surface area contributed by atoms with Gasteiger partial charge in [0.2, 0.25) is 11.8 Å². The molecular formula is C23H30N4O4. The van der Waals surface area contributed by atoms with Crippen molar-refractivity contribution in [2.75, 3.05) is 19.7 Å². The molecule has 1 saturated carbocycles. The van der Waals surface area contributed by atoms with Crippen LogP contribution in [0.1, 0.15) is 60.0 Å². The van der Waals surface area contributed by atoms with E-state index in [-0.39, 0.29) is 35.2 Å². The highest BCUT2D eigenvalue weighted by Gasteiger charge is 2.48. The Morgan fingerprint density at radius 3 is 2.68 bits per heavy atom. The fourth-order valence-corrected chi connectivity index (χ4v) is 5.51. The average molecular weight is 427 g/mol. The maximum Gasteiger partial charge on any atom is 0.255 e. The molecule has 1 unspecified atom stereocenters. The van der Waals surface area contributed by atoms with Gasteiger partial charge in [-0.15, -0.1) is 0 Å². The van der Waals surface area contributed by atoms with Crippen LogP contribution >= 0.6 is 0 Å². The summed E-state index contributed by atoms with van der Waals surface area (Å²) in [4.78, 5) is 38.2. The van der Waals surface area contributed by atoms with Gasteiger partial charge in [0, 0.05) is 43.6 Å². The van der Waals surface area contributed by atoms with Crippen molar-refractivity contribution in [2.24, 2.45) is 11.1 Å². The Kier molecular flexibility index (Phi) is 5.11. The topological polar surface area (TPSA) is 114 Å². The van der Waals surface area contributed by atoms with Gasteiger partial charge in [0.15, 0.2) is 0 Å². The number of carbonyl (C=O) groups excluding carboxylic acids is 3. The van der Waals surface area contributed by atoms with Gasteiger partial charge in [0.1, 0.15) is 6.04 Å². The highest BCUT2D eigenvalue weighted by atomic mass is 16.5. The highest BCUT2D eigenvalue weighted by molar-refractivity contribution is 6.05. The van der Waals surface area contributed by atoms with Crippen molar-refractivity contribution in [1.29, 1.82) is 0 Å². The highest BCUT2D eigenvalue weighted by Crippen LogP contribution is 2.48. The molecule has 0 radical (unpaired) electrons. The zero-order chi connectivity index (χ0) is 21.6. The van der Waals surface area contributed by atoms with Crippen LogP contribution in [0, 0.1) is 5.41 Å². The van der Waals surface area contributed by atoms with Crippen molar-refractivity contribution in [2.45, 2.75) is 63.3 Å². The molecule has 8 nitrogen and oxygen atoms in total. The van der Waals surface area contributed by atoms with Crippen LogP contribution in [-0.4, -0.2) is 54.0 Å². The van der Waals surface area contributed by atoms with E-state index in [1.54, 1.807) is 4.90 Å². The maximum absolute atomic E-state index is 13.0. The largest absolute Gasteiger partial charge is 0.373 e. The zero-order valence-electron chi connectivity index (χ0n) is 17.7. The number of nitrogens with two attached hydrogens (primary N) is 1. The molecule has 4 heterocycles. The van der Waals surface area contributed by atoms with Gasteiger partial charge in [-0.25, -0.2) is 0 Å². The predicted octanol–water partition coefficient (Wildman–Crippen LogP) is 0.825. The summed E-state index contributed by atoms with van der Waals surface area (Å²) in [5.41, 5.74) is 8.66. The first-order chi connectivity index (χ1) is 14.9. The lowest BCUT2D eigenvalue weighted by Crippen LogP contribution is -2.57. The normalized spacial score (nSPS) is 32.4. The molecule has 8 heteroatoms. The van der Waals surface area contributed by atoms with Gasteiger partial charge in [-0.3, -0.25) is 19.7 Å². The lowest BCUT2D eigenvalue weighted by Gasteiger charge is -2.53. The van der Waals surface area contributed by atoms with E-state index in [1.165, 1.54) is 0 Å². The number of nitrogens with zero attached hydrogens (tertiary/aromatic N) is 1. The molecule has 4 fully saturated rings. The number of piperidine rings is 1. The third-order valence-electron chi connectivity index (χ3n) is 7.70. The van der Waals surface area contributed by atoms with Gasteiger partial charge in [-0.2, -0.15) is 0 Å². The SMILES string of the molecule is NCC12CCC(CNCc3ccc4c(c3)C(=O)N(C3CCC(=O)NC3=O)C4)(CC1)CO2. The molecule has 1 atom stereocenters. The monoisotopic (exact) mass is 426 g/mol. The third-order valence-corrected chi connectivity index (χ3v) is 7.70. The van der Waals surface area contributed by atoms with Crippen molar-refractivity contribution in [3.63, 3.8) is 0 Å². The number of fused-ring (bicyclic) bond motifs is 4. The van der Waals surface area contributed by atoms with Crippen molar-refractivity contribution >= 4 is 17.7 Å². The van der Waals surface area contributed by atoms with Gasteiger partial charge in [0.05, 0.1) is 12.2 Å². The Hall–Kier alpha value is -2.29. The van der Waals surface area contributed by atoms with Gasteiger partial charge in [0.25, 0.3) is 5.91 Å². The molecule has 0 aromatic heterocycles. The van der Waals surface area contributed by atoms with Crippen molar-refractivity contribution < 1.29 is 19.1 Å². The molecule has 1 aromatic rings. The predicted molar refractivity (Wildman–Crippen MR) is 113 cm³/mol. The minimum Gasteiger partial charge on any atom is -0.373 e. The molecule has 0 spiro atoms. The maximum atomic E-state index is 13.0. The molecule has 5 aliphatic rings. The van der Waals surface area contributed by atoms with E-state index in [4.69, 9.17) is 10.5 Å². The Morgan fingerprint density at radius 1 is 1.19 bits per heavy atom. The van der Waals surface area contributed by atoms with E-state index in [0.717, 1.165) is 50.0 Å². The molecule has 166 valence electrons. The van der Waals surface area contributed by atoms with Gasteiger partial charge >= 0.3 is 0 Å². The van der Waals surface area contributed by atoms with Gasteiger partial charge in [-0.1, -0.05) is 12.1 Å². The van der Waals surface area contributed by atoms with E-state index < -0.39 is 6.04 Å². The number of benzene rings is 1. The van der Waals surface area contributed by atoms with Gasteiger partial charge in [-0.05, 0) is 49.3 Å². The summed E-state index contributed by atoms with van der Waals surface area (Å²) in [7, 11) is 0. The molecule has 1 aromatic carbocycles. The fraction of sp³-hybridized carbons (Fsp3) is 0.609. The molecule has 31 heavy (non-hydrogen) atoms. The number of nitrogens with one attached hydrogen (secondary N) is 2. The standard InChI is InChI=1S/C23H30N4O4/c24-12-23-7-5-22(6-8-23,14-31-23)13-25-10-15-1-2-16-11-27(21(30)17(16)9-15)18-3-4-19(28)26-20(18)29/h1-2,9,18,25H,3-8,10-14,24H2,(H,26,28,29). The van der Waals surface area contributed by atoms with E-state index in [2.05, 4.69) is 10.6 Å². The number of hydrogen-bond donors (Lipinski definition) is 3. The number of imide groups is 1. The second kappa shape index (κ2) is 7.69. The zero-order valence-corrected chi connectivity index (χ0v) is 17.7. The molecule has 3 saturated heterocycles. The van der Waals surface area contributed by atoms with Crippen molar-refractivity contribution in [3.8, 4) is 0 Å². The minimum absolute atomic E-state index is 0.0868. The Labute approximate surface area is 181 Å². The number of ether oxygens (including phenoxy) is 1. The van der Waals surface area contributed by atoms with Crippen molar-refractivity contribution in [3.05, 3.63) is 34.9 Å². The quantitative estimate of drug-likeness (QED) is 0.581. The van der Waals surface area contributed by atoms with E-state index in [0.29, 0.717) is 31.6 Å². The molecule has 3 amide bonds. The molecule has 1 aliphatic carbocycles. The number of rotatable bonds is 6. The summed E-state index contributed by atoms with van der Waals surface area (Å²) in [5.74, 6) is -0.774.